The summed E-state index contributed by atoms with van der Waals surface area (Å²) in [6.07, 6.45) is 4.10. The molecule has 0 heterocycles. The molecule has 3 rings (SSSR count). The fraction of sp³-hybridized carbons (Fsp3) is 0.818. The van der Waals surface area contributed by atoms with Crippen LogP contribution in [-0.2, 0) is 14.3 Å². The maximum Gasteiger partial charge on any atom is 0.332 e. The fourth-order valence-electron chi connectivity index (χ4n) is 6.70. The Morgan fingerprint density at radius 2 is 2.00 bits per heavy atom. The van der Waals surface area contributed by atoms with Crippen molar-refractivity contribution in [2.45, 2.75) is 72.0 Å². The van der Waals surface area contributed by atoms with Gasteiger partial charge in [-0.15, -0.1) is 6.58 Å². The average molecular weight is 379 g/mol. The van der Waals surface area contributed by atoms with E-state index in [1.807, 2.05) is 6.92 Å². The summed E-state index contributed by atoms with van der Waals surface area (Å²) in [6, 6.07) is 0. The first-order valence-electron chi connectivity index (χ1n) is 10.2. The van der Waals surface area contributed by atoms with Gasteiger partial charge in [0, 0.05) is 23.2 Å². The molecule has 2 N–H and O–H groups in total. The van der Waals surface area contributed by atoms with Crippen LogP contribution in [0.4, 0.5) is 0 Å². The standard InChI is InChI=1S/C22H34O5/c1-6-20(4)11-16(27-17(25)12-23)21(5)13(2)7-9-22(14(3)19(20)26)10-8-15(24)18(21)22/h6,13-14,16,18-19,23,26H,1,7-12H2,2-5H3/t13-,14-,16-,18?,19+,20-,21-,22+/m0/s1. The minimum Gasteiger partial charge on any atom is -0.460 e. The number of rotatable bonds is 3. The molecule has 3 saturated carbocycles. The molecule has 1 unspecified atom stereocenters. The molecular formula is C22H34O5. The molecule has 0 saturated heterocycles. The maximum absolute atomic E-state index is 13.1. The molecule has 27 heavy (non-hydrogen) atoms. The SMILES string of the molecule is C=C[C@@]1(C)C[C@H](OC(=O)CO)[C@@]2(C)C3C(=O)CC[C@]3(CC[C@@H]2C)[C@@H](C)[C@H]1O. The maximum atomic E-state index is 13.1. The summed E-state index contributed by atoms with van der Waals surface area (Å²) in [5, 5.41) is 20.6. The predicted molar refractivity (Wildman–Crippen MR) is 102 cm³/mol. The highest BCUT2D eigenvalue weighted by molar-refractivity contribution is 5.85. The molecule has 0 spiro atoms. The Kier molecular flexibility index (Phi) is 5.09. The van der Waals surface area contributed by atoms with Gasteiger partial charge in [-0.25, -0.2) is 4.79 Å². The van der Waals surface area contributed by atoms with Gasteiger partial charge in [-0.05, 0) is 42.9 Å². The molecule has 0 amide bonds. The van der Waals surface area contributed by atoms with Gasteiger partial charge < -0.3 is 14.9 Å². The van der Waals surface area contributed by atoms with Crippen LogP contribution in [0.2, 0.25) is 0 Å². The van der Waals surface area contributed by atoms with E-state index in [0.717, 1.165) is 19.3 Å². The Bertz CT molecular complexity index is 645. The van der Waals surface area contributed by atoms with E-state index in [0.29, 0.717) is 12.8 Å². The van der Waals surface area contributed by atoms with Crippen molar-refractivity contribution in [2.75, 3.05) is 6.61 Å². The summed E-state index contributed by atoms with van der Waals surface area (Å²) in [7, 11) is 0. The van der Waals surface area contributed by atoms with Crippen molar-refractivity contribution in [2.24, 2.45) is 34.0 Å². The fourth-order valence-corrected chi connectivity index (χ4v) is 6.70. The minimum atomic E-state index is -0.686. The van der Waals surface area contributed by atoms with E-state index in [9.17, 15) is 19.8 Å². The Balaban J connectivity index is 2.21. The summed E-state index contributed by atoms with van der Waals surface area (Å²) >= 11 is 0. The second kappa shape index (κ2) is 6.70. The monoisotopic (exact) mass is 378 g/mol. The summed E-state index contributed by atoms with van der Waals surface area (Å²) in [6.45, 7) is 11.5. The zero-order chi connectivity index (χ0) is 20.2. The van der Waals surface area contributed by atoms with Crippen LogP contribution in [0.3, 0.4) is 0 Å². The zero-order valence-corrected chi connectivity index (χ0v) is 17.0. The second-order valence-corrected chi connectivity index (χ2v) is 9.72. The summed E-state index contributed by atoms with van der Waals surface area (Å²) in [4.78, 5) is 25.2. The molecule has 3 aliphatic rings. The van der Waals surface area contributed by atoms with E-state index < -0.39 is 35.6 Å². The van der Waals surface area contributed by atoms with Gasteiger partial charge in [0.05, 0.1) is 6.10 Å². The lowest BCUT2D eigenvalue weighted by atomic mass is 9.44. The van der Waals surface area contributed by atoms with Gasteiger partial charge in [0.2, 0.25) is 0 Å². The molecule has 0 radical (unpaired) electrons. The normalized spacial score (nSPS) is 49.7. The van der Waals surface area contributed by atoms with Crippen LogP contribution in [0.25, 0.3) is 0 Å². The van der Waals surface area contributed by atoms with Crippen molar-refractivity contribution >= 4 is 11.8 Å². The largest absolute Gasteiger partial charge is 0.460 e. The van der Waals surface area contributed by atoms with E-state index in [-0.39, 0.29) is 29.0 Å². The molecule has 8 atom stereocenters. The van der Waals surface area contributed by atoms with Crippen LogP contribution in [0.1, 0.15) is 59.8 Å². The number of aliphatic hydroxyl groups excluding tert-OH is 2. The van der Waals surface area contributed by atoms with E-state index >= 15 is 0 Å². The number of carbonyl (C=O) groups excluding carboxylic acids is 2. The first-order valence-corrected chi connectivity index (χ1v) is 10.2. The van der Waals surface area contributed by atoms with E-state index in [2.05, 4.69) is 27.4 Å². The summed E-state index contributed by atoms with van der Waals surface area (Å²) in [5.41, 5.74) is -1.43. The lowest BCUT2D eigenvalue weighted by Crippen LogP contribution is -2.63. The Hall–Kier alpha value is -1.20. The minimum absolute atomic E-state index is 0.0433. The van der Waals surface area contributed by atoms with Crippen LogP contribution in [0.15, 0.2) is 12.7 Å². The van der Waals surface area contributed by atoms with Crippen molar-refractivity contribution in [3.05, 3.63) is 12.7 Å². The smallest absolute Gasteiger partial charge is 0.332 e. The average Bonchev–Trinajstić information content (AvgIpc) is 3.00. The third-order valence-electron chi connectivity index (χ3n) is 8.70. The zero-order valence-electron chi connectivity index (χ0n) is 17.0. The summed E-state index contributed by atoms with van der Waals surface area (Å²) in [5.74, 6) is -0.520. The number of Topliss-reactive ketones (excluding diaryl/α,β-unsaturated/α-hetero) is 1. The molecule has 3 aliphatic carbocycles. The van der Waals surface area contributed by atoms with Crippen LogP contribution in [0.5, 0.6) is 0 Å². The van der Waals surface area contributed by atoms with Gasteiger partial charge in [0.15, 0.2) is 0 Å². The molecule has 5 nitrogen and oxygen atoms in total. The van der Waals surface area contributed by atoms with Crippen molar-refractivity contribution in [3.8, 4) is 0 Å². The third-order valence-corrected chi connectivity index (χ3v) is 8.70. The van der Waals surface area contributed by atoms with Crippen LogP contribution in [-0.4, -0.2) is 40.8 Å². The summed E-state index contributed by atoms with van der Waals surface area (Å²) < 4.78 is 5.77. The molecule has 0 aliphatic heterocycles. The van der Waals surface area contributed by atoms with Gasteiger partial charge in [0.1, 0.15) is 18.5 Å². The number of aliphatic hydroxyl groups is 2. The number of esters is 1. The topological polar surface area (TPSA) is 83.8 Å². The highest BCUT2D eigenvalue weighted by Gasteiger charge is 2.68. The Morgan fingerprint density at radius 3 is 2.59 bits per heavy atom. The molecule has 0 aromatic heterocycles. The van der Waals surface area contributed by atoms with Gasteiger partial charge in [0.25, 0.3) is 0 Å². The number of ketones is 1. The molecule has 0 aromatic carbocycles. The van der Waals surface area contributed by atoms with E-state index in [4.69, 9.17) is 4.74 Å². The highest BCUT2D eigenvalue weighted by atomic mass is 16.6. The van der Waals surface area contributed by atoms with Crippen LogP contribution < -0.4 is 0 Å². The quantitative estimate of drug-likeness (QED) is 0.583. The van der Waals surface area contributed by atoms with E-state index in [1.165, 1.54) is 0 Å². The molecule has 152 valence electrons. The lowest BCUT2D eigenvalue weighted by Gasteiger charge is -2.61. The highest BCUT2D eigenvalue weighted by Crippen LogP contribution is 2.67. The second-order valence-electron chi connectivity index (χ2n) is 9.72. The van der Waals surface area contributed by atoms with Crippen LogP contribution in [0, 0.1) is 34.0 Å². The number of carbonyl (C=O) groups is 2. The van der Waals surface area contributed by atoms with Gasteiger partial charge >= 0.3 is 5.97 Å². The van der Waals surface area contributed by atoms with Gasteiger partial charge in [-0.3, -0.25) is 4.79 Å². The van der Waals surface area contributed by atoms with E-state index in [1.54, 1.807) is 6.08 Å². The van der Waals surface area contributed by atoms with Crippen LogP contribution >= 0.6 is 0 Å². The Labute approximate surface area is 162 Å². The van der Waals surface area contributed by atoms with Gasteiger partial charge in [-0.2, -0.15) is 0 Å². The molecular weight excluding hydrogens is 344 g/mol. The van der Waals surface area contributed by atoms with Crippen molar-refractivity contribution in [1.29, 1.82) is 0 Å². The number of hydrogen-bond donors (Lipinski definition) is 2. The number of hydrogen-bond acceptors (Lipinski definition) is 5. The Morgan fingerprint density at radius 1 is 1.33 bits per heavy atom. The third kappa shape index (κ3) is 2.72. The molecule has 0 aromatic rings. The van der Waals surface area contributed by atoms with Gasteiger partial charge in [-0.1, -0.05) is 33.8 Å². The molecule has 5 heteroatoms. The first kappa shape index (κ1) is 20.5. The van der Waals surface area contributed by atoms with Crippen molar-refractivity contribution in [1.82, 2.24) is 0 Å². The van der Waals surface area contributed by atoms with Crippen molar-refractivity contribution < 1.29 is 24.5 Å². The predicted octanol–water partition coefficient (Wildman–Crippen LogP) is 2.89. The van der Waals surface area contributed by atoms with Crippen molar-refractivity contribution in [3.63, 3.8) is 0 Å². The lowest BCUT2D eigenvalue weighted by molar-refractivity contribution is -0.207. The molecule has 3 fully saturated rings. The first-order chi connectivity index (χ1) is 12.6. The molecule has 2 bridgehead atoms. The number of ether oxygens (including phenoxy) is 1.